The molecule has 0 unspecified atom stereocenters. The van der Waals surface area contributed by atoms with Crippen molar-refractivity contribution in [1.29, 1.82) is 0 Å². The van der Waals surface area contributed by atoms with Crippen LogP contribution in [0.15, 0.2) is 36.4 Å². The van der Waals surface area contributed by atoms with Crippen LogP contribution in [-0.4, -0.2) is 40.1 Å². The molecule has 2 aromatic heterocycles. The van der Waals surface area contributed by atoms with E-state index >= 15 is 0 Å². The van der Waals surface area contributed by atoms with E-state index in [1.165, 1.54) is 22.0 Å². The second kappa shape index (κ2) is 5.56. The first-order valence-electron chi connectivity index (χ1n) is 8.35. The summed E-state index contributed by atoms with van der Waals surface area (Å²) >= 11 is 0. The molecule has 0 spiro atoms. The number of benzene rings is 2. The SMILES string of the molecule is Cc1cc2nc3c4ccccc4n(CCN(C)C)c3nc2cc1C. The lowest BCUT2D eigenvalue weighted by Gasteiger charge is -2.12. The maximum Gasteiger partial charge on any atom is 0.160 e. The zero-order valence-corrected chi connectivity index (χ0v) is 14.7. The van der Waals surface area contributed by atoms with Gasteiger partial charge in [0, 0.05) is 18.5 Å². The van der Waals surface area contributed by atoms with Gasteiger partial charge in [0.05, 0.1) is 16.6 Å². The van der Waals surface area contributed by atoms with Crippen molar-refractivity contribution in [2.24, 2.45) is 0 Å². The van der Waals surface area contributed by atoms with Gasteiger partial charge in [-0.25, -0.2) is 9.97 Å². The van der Waals surface area contributed by atoms with Crippen LogP contribution in [0.2, 0.25) is 0 Å². The number of aryl methyl sites for hydroxylation is 2. The molecule has 4 aromatic rings. The largest absolute Gasteiger partial charge is 0.323 e. The molecule has 0 amide bonds. The summed E-state index contributed by atoms with van der Waals surface area (Å²) < 4.78 is 2.30. The van der Waals surface area contributed by atoms with Crippen LogP contribution in [0, 0.1) is 13.8 Å². The Labute approximate surface area is 141 Å². The van der Waals surface area contributed by atoms with Crippen LogP contribution in [0.3, 0.4) is 0 Å². The number of rotatable bonds is 3. The Morgan fingerprint density at radius 1 is 0.958 bits per heavy atom. The minimum atomic E-state index is 0.905. The molecular weight excluding hydrogens is 296 g/mol. The number of nitrogens with zero attached hydrogens (tertiary/aromatic N) is 4. The van der Waals surface area contributed by atoms with Crippen LogP contribution in [0.4, 0.5) is 0 Å². The lowest BCUT2D eigenvalue weighted by molar-refractivity contribution is 0.389. The van der Waals surface area contributed by atoms with E-state index in [2.05, 4.69) is 73.8 Å². The van der Waals surface area contributed by atoms with Gasteiger partial charge in [-0.15, -0.1) is 0 Å². The lowest BCUT2D eigenvalue weighted by Crippen LogP contribution is -2.18. The fourth-order valence-corrected chi connectivity index (χ4v) is 3.22. The number of para-hydroxylation sites is 1. The predicted molar refractivity (Wildman–Crippen MR) is 101 cm³/mol. The zero-order valence-electron chi connectivity index (χ0n) is 14.7. The van der Waals surface area contributed by atoms with Crippen molar-refractivity contribution in [3.8, 4) is 0 Å². The minimum absolute atomic E-state index is 0.905. The van der Waals surface area contributed by atoms with Crippen molar-refractivity contribution in [3.63, 3.8) is 0 Å². The summed E-state index contributed by atoms with van der Waals surface area (Å²) in [6.07, 6.45) is 0. The highest BCUT2D eigenvalue weighted by Gasteiger charge is 2.14. The highest BCUT2D eigenvalue weighted by molar-refractivity contribution is 6.06. The van der Waals surface area contributed by atoms with Crippen molar-refractivity contribution in [3.05, 3.63) is 47.5 Å². The first-order valence-corrected chi connectivity index (χ1v) is 8.35. The average molecular weight is 318 g/mol. The molecule has 0 saturated heterocycles. The molecule has 4 nitrogen and oxygen atoms in total. The van der Waals surface area contributed by atoms with E-state index in [-0.39, 0.29) is 0 Å². The number of hydrogen-bond acceptors (Lipinski definition) is 3. The first-order chi connectivity index (χ1) is 11.5. The van der Waals surface area contributed by atoms with Crippen molar-refractivity contribution in [2.45, 2.75) is 20.4 Å². The van der Waals surface area contributed by atoms with Gasteiger partial charge >= 0.3 is 0 Å². The first kappa shape index (κ1) is 15.1. The second-order valence-electron chi connectivity index (χ2n) is 6.79. The van der Waals surface area contributed by atoms with Crippen LogP contribution < -0.4 is 0 Å². The third kappa shape index (κ3) is 2.34. The standard InChI is InChI=1S/C20H22N4/c1-13-11-16-17(12-14(13)2)22-20-19(21-16)15-7-5-6-8-18(15)24(20)10-9-23(3)4/h5-8,11-12H,9-10H2,1-4H3. The monoisotopic (exact) mass is 318 g/mol. The molecule has 0 bridgehead atoms. The number of aromatic nitrogens is 3. The normalized spacial score (nSPS) is 12.0. The fourth-order valence-electron chi connectivity index (χ4n) is 3.22. The van der Waals surface area contributed by atoms with Gasteiger partial charge in [-0.1, -0.05) is 18.2 Å². The Kier molecular flexibility index (Phi) is 3.50. The van der Waals surface area contributed by atoms with Gasteiger partial charge in [0.1, 0.15) is 5.52 Å². The summed E-state index contributed by atoms with van der Waals surface area (Å²) in [5, 5.41) is 1.18. The van der Waals surface area contributed by atoms with Crippen LogP contribution in [0.5, 0.6) is 0 Å². The fraction of sp³-hybridized carbons (Fsp3) is 0.300. The number of likely N-dealkylation sites (N-methyl/N-ethyl adjacent to an activating group) is 1. The molecule has 0 radical (unpaired) electrons. The van der Waals surface area contributed by atoms with Crippen molar-refractivity contribution in [1.82, 2.24) is 19.4 Å². The van der Waals surface area contributed by atoms with Crippen LogP contribution in [0.25, 0.3) is 33.1 Å². The molecule has 2 aromatic carbocycles. The zero-order chi connectivity index (χ0) is 16.8. The highest BCUT2D eigenvalue weighted by Crippen LogP contribution is 2.28. The Morgan fingerprint density at radius 3 is 2.33 bits per heavy atom. The Morgan fingerprint density at radius 2 is 1.62 bits per heavy atom. The molecule has 0 N–H and O–H groups in total. The second-order valence-corrected chi connectivity index (χ2v) is 6.79. The van der Waals surface area contributed by atoms with Gasteiger partial charge in [0.15, 0.2) is 5.65 Å². The molecule has 0 aliphatic rings. The van der Waals surface area contributed by atoms with Gasteiger partial charge in [-0.2, -0.15) is 0 Å². The Balaban J connectivity index is 2.06. The highest BCUT2D eigenvalue weighted by atomic mass is 15.1. The van der Waals surface area contributed by atoms with E-state index in [4.69, 9.17) is 9.97 Å². The Hall–Kier alpha value is -2.46. The van der Waals surface area contributed by atoms with Crippen LogP contribution >= 0.6 is 0 Å². The molecule has 4 heteroatoms. The predicted octanol–water partition coefficient (Wildman–Crippen LogP) is 3.92. The summed E-state index contributed by atoms with van der Waals surface area (Å²) in [5.41, 5.74) is 7.65. The smallest absolute Gasteiger partial charge is 0.160 e. The van der Waals surface area contributed by atoms with E-state index in [1.807, 2.05) is 0 Å². The van der Waals surface area contributed by atoms with Crippen molar-refractivity contribution < 1.29 is 0 Å². The summed E-state index contributed by atoms with van der Waals surface area (Å²) in [6, 6.07) is 12.8. The quantitative estimate of drug-likeness (QED) is 0.574. The third-order valence-corrected chi connectivity index (χ3v) is 4.74. The molecule has 2 heterocycles. The topological polar surface area (TPSA) is 34.0 Å². The van der Waals surface area contributed by atoms with E-state index in [0.717, 1.165) is 35.3 Å². The molecule has 0 fully saturated rings. The van der Waals surface area contributed by atoms with Gasteiger partial charge in [-0.3, -0.25) is 0 Å². The van der Waals surface area contributed by atoms with Crippen LogP contribution in [-0.2, 0) is 6.54 Å². The summed E-state index contributed by atoms with van der Waals surface area (Å²) in [5.74, 6) is 0. The van der Waals surface area contributed by atoms with E-state index in [9.17, 15) is 0 Å². The number of hydrogen-bond donors (Lipinski definition) is 0. The van der Waals surface area contributed by atoms with E-state index < -0.39 is 0 Å². The van der Waals surface area contributed by atoms with E-state index in [1.54, 1.807) is 0 Å². The maximum atomic E-state index is 4.98. The van der Waals surface area contributed by atoms with Crippen molar-refractivity contribution in [2.75, 3.05) is 20.6 Å². The lowest BCUT2D eigenvalue weighted by atomic mass is 10.1. The van der Waals surface area contributed by atoms with Gasteiger partial charge < -0.3 is 9.47 Å². The third-order valence-electron chi connectivity index (χ3n) is 4.74. The van der Waals surface area contributed by atoms with Gasteiger partial charge in [0.25, 0.3) is 0 Å². The van der Waals surface area contributed by atoms with Crippen molar-refractivity contribution >= 4 is 33.1 Å². The van der Waals surface area contributed by atoms with Gasteiger partial charge in [-0.05, 0) is 57.3 Å². The molecular formula is C20H22N4. The molecule has 24 heavy (non-hydrogen) atoms. The summed E-state index contributed by atoms with van der Waals surface area (Å²) in [6.45, 7) is 6.13. The molecule has 0 aliphatic carbocycles. The summed E-state index contributed by atoms with van der Waals surface area (Å²) in [4.78, 5) is 12.1. The molecule has 0 saturated carbocycles. The minimum Gasteiger partial charge on any atom is -0.323 e. The molecule has 122 valence electrons. The van der Waals surface area contributed by atoms with E-state index in [0.29, 0.717) is 0 Å². The molecule has 4 rings (SSSR count). The summed E-state index contributed by atoms with van der Waals surface area (Å²) in [7, 11) is 4.20. The maximum absolute atomic E-state index is 4.98. The number of fused-ring (bicyclic) bond motifs is 4. The van der Waals surface area contributed by atoms with Crippen LogP contribution in [0.1, 0.15) is 11.1 Å². The van der Waals surface area contributed by atoms with Gasteiger partial charge in [0.2, 0.25) is 0 Å². The molecule has 0 atom stereocenters. The Bertz CT molecular complexity index is 1060. The molecule has 0 aliphatic heterocycles. The average Bonchev–Trinajstić information content (AvgIpc) is 2.85.